The van der Waals surface area contributed by atoms with E-state index in [4.69, 9.17) is 13.4 Å². The molecule has 0 spiro atoms. The first-order chi connectivity index (χ1) is 11.2. The van der Waals surface area contributed by atoms with Crippen molar-refractivity contribution in [3.05, 3.63) is 59.4 Å². The predicted octanol–water partition coefficient (Wildman–Crippen LogP) is 4.86. The van der Waals surface area contributed by atoms with Crippen LogP contribution in [-0.2, 0) is 0 Å². The summed E-state index contributed by atoms with van der Waals surface area (Å²) in [4.78, 5) is 4.36. The molecular formula is C18H14N2O3. The molecule has 0 fully saturated rings. The number of hydrogen-bond donors (Lipinski definition) is 0. The third-order valence-electron chi connectivity index (χ3n) is 3.67. The Morgan fingerprint density at radius 1 is 1.09 bits per heavy atom. The van der Waals surface area contributed by atoms with E-state index in [-0.39, 0.29) is 0 Å². The Labute approximate surface area is 132 Å². The molecule has 0 saturated carbocycles. The maximum Gasteiger partial charge on any atom is 0.251 e. The van der Waals surface area contributed by atoms with Gasteiger partial charge in [-0.3, -0.25) is 0 Å². The van der Waals surface area contributed by atoms with Gasteiger partial charge in [-0.05, 0) is 44.2 Å². The zero-order valence-corrected chi connectivity index (χ0v) is 12.7. The Morgan fingerprint density at radius 2 is 2.00 bits per heavy atom. The minimum atomic E-state index is 0.396. The molecule has 0 aliphatic carbocycles. The number of fused-ring (bicyclic) bond motifs is 1. The zero-order chi connectivity index (χ0) is 15.8. The van der Waals surface area contributed by atoms with E-state index in [1.54, 1.807) is 18.4 Å². The fraction of sp³-hybridized carbons (Fsp3) is 0.111. The molecular weight excluding hydrogens is 292 g/mol. The first kappa shape index (κ1) is 13.6. The summed E-state index contributed by atoms with van der Waals surface area (Å²) in [6, 6.07) is 9.73. The van der Waals surface area contributed by atoms with Crippen LogP contribution >= 0.6 is 0 Å². The summed E-state index contributed by atoms with van der Waals surface area (Å²) in [6.07, 6.45) is 5.09. The van der Waals surface area contributed by atoms with Gasteiger partial charge in [-0.1, -0.05) is 16.8 Å². The molecule has 1 aromatic carbocycles. The maximum absolute atomic E-state index is 5.88. The highest BCUT2D eigenvalue weighted by atomic mass is 16.5. The average molecular weight is 306 g/mol. The van der Waals surface area contributed by atoms with Gasteiger partial charge in [-0.15, -0.1) is 0 Å². The number of hydrogen-bond acceptors (Lipinski definition) is 5. The zero-order valence-electron chi connectivity index (χ0n) is 12.7. The Bertz CT molecular complexity index is 991. The molecule has 23 heavy (non-hydrogen) atoms. The van der Waals surface area contributed by atoms with Crippen LogP contribution in [0, 0.1) is 13.8 Å². The van der Waals surface area contributed by atoms with Gasteiger partial charge in [-0.2, -0.15) is 4.98 Å². The second-order valence-electron chi connectivity index (χ2n) is 5.36. The molecule has 0 amide bonds. The van der Waals surface area contributed by atoms with Crippen molar-refractivity contribution < 1.29 is 13.4 Å². The number of furan rings is 2. The van der Waals surface area contributed by atoms with E-state index in [0.717, 1.165) is 22.3 Å². The van der Waals surface area contributed by atoms with Crippen LogP contribution in [0.15, 0.2) is 50.0 Å². The fourth-order valence-electron chi connectivity index (χ4n) is 2.48. The van der Waals surface area contributed by atoms with Crippen LogP contribution in [0.4, 0.5) is 0 Å². The van der Waals surface area contributed by atoms with Crippen LogP contribution in [-0.4, -0.2) is 10.1 Å². The summed E-state index contributed by atoms with van der Waals surface area (Å²) in [5.41, 5.74) is 3.01. The normalized spacial score (nSPS) is 11.7. The quantitative estimate of drug-likeness (QED) is 0.540. The van der Waals surface area contributed by atoms with Gasteiger partial charge in [-0.25, -0.2) is 0 Å². The minimum absolute atomic E-state index is 0.396. The number of aryl methyl sites for hydroxylation is 2. The Hall–Kier alpha value is -3.08. The molecule has 0 aliphatic rings. The molecule has 0 aliphatic heterocycles. The molecule has 3 aromatic heterocycles. The summed E-state index contributed by atoms with van der Waals surface area (Å²) < 4.78 is 16.3. The second-order valence-corrected chi connectivity index (χ2v) is 5.36. The molecule has 4 aromatic rings. The minimum Gasteiger partial charge on any atom is -0.465 e. The lowest BCUT2D eigenvalue weighted by Crippen LogP contribution is -1.80. The van der Waals surface area contributed by atoms with Crippen LogP contribution < -0.4 is 0 Å². The first-order valence-corrected chi connectivity index (χ1v) is 7.26. The van der Waals surface area contributed by atoms with Crippen molar-refractivity contribution in [1.29, 1.82) is 0 Å². The number of nitrogens with zero attached hydrogens (tertiary/aromatic N) is 2. The SMILES string of the molecule is Cc1ccc2oc(-c3noc(/C=C/c4ccco4)n3)c(C)c2c1. The summed E-state index contributed by atoms with van der Waals surface area (Å²) in [6.45, 7) is 4.05. The van der Waals surface area contributed by atoms with Crippen molar-refractivity contribution in [3.63, 3.8) is 0 Å². The van der Waals surface area contributed by atoms with Gasteiger partial charge in [0.25, 0.3) is 5.89 Å². The maximum atomic E-state index is 5.88. The summed E-state index contributed by atoms with van der Waals surface area (Å²) in [5, 5.41) is 5.07. The van der Waals surface area contributed by atoms with Crippen molar-refractivity contribution in [1.82, 2.24) is 10.1 Å². The highest BCUT2D eigenvalue weighted by Crippen LogP contribution is 2.32. The second kappa shape index (κ2) is 5.28. The summed E-state index contributed by atoms with van der Waals surface area (Å²) in [5.74, 6) is 2.19. The molecule has 5 nitrogen and oxygen atoms in total. The van der Waals surface area contributed by atoms with E-state index in [1.165, 1.54) is 5.56 Å². The van der Waals surface area contributed by atoms with Gasteiger partial charge in [0.05, 0.1) is 6.26 Å². The van der Waals surface area contributed by atoms with Crippen molar-refractivity contribution in [2.45, 2.75) is 13.8 Å². The summed E-state index contributed by atoms with van der Waals surface area (Å²) in [7, 11) is 0. The van der Waals surface area contributed by atoms with E-state index in [1.807, 2.05) is 31.2 Å². The van der Waals surface area contributed by atoms with Crippen LogP contribution in [0.3, 0.4) is 0 Å². The summed E-state index contributed by atoms with van der Waals surface area (Å²) >= 11 is 0. The number of rotatable bonds is 3. The highest BCUT2D eigenvalue weighted by molar-refractivity contribution is 5.87. The van der Waals surface area contributed by atoms with E-state index in [9.17, 15) is 0 Å². The average Bonchev–Trinajstić information content (AvgIpc) is 3.26. The van der Waals surface area contributed by atoms with Crippen LogP contribution in [0.2, 0.25) is 0 Å². The van der Waals surface area contributed by atoms with Crippen molar-refractivity contribution >= 4 is 23.1 Å². The van der Waals surface area contributed by atoms with Gasteiger partial charge in [0.15, 0.2) is 5.76 Å². The molecule has 0 saturated heterocycles. The Balaban J connectivity index is 1.70. The van der Waals surface area contributed by atoms with Crippen molar-refractivity contribution in [3.8, 4) is 11.6 Å². The molecule has 0 unspecified atom stereocenters. The van der Waals surface area contributed by atoms with E-state index in [2.05, 4.69) is 23.1 Å². The highest BCUT2D eigenvalue weighted by Gasteiger charge is 2.17. The van der Waals surface area contributed by atoms with Crippen LogP contribution in [0.1, 0.15) is 22.8 Å². The number of benzene rings is 1. The fourth-order valence-corrected chi connectivity index (χ4v) is 2.48. The monoisotopic (exact) mass is 306 g/mol. The molecule has 0 atom stereocenters. The molecule has 4 rings (SSSR count). The molecule has 114 valence electrons. The van der Waals surface area contributed by atoms with Gasteiger partial charge in [0.1, 0.15) is 11.3 Å². The molecule has 3 heterocycles. The van der Waals surface area contributed by atoms with Gasteiger partial charge in [0.2, 0.25) is 5.82 Å². The smallest absolute Gasteiger partial charge is 0.251 e. The van der Waals surface area contributed by atoms with Crippen LogP contribution in [0.5, 0.6) is 0 Å². The lowest BCUT2D eigenvalue weighted by molar-refractivity contribution is 0.409. The van der Waals surface area contributed by atoms with Gasteiger partial charge in [0, 0.05) is 17.0 Å². The third kappa shape index (κ3) is 2.46. The molecule has 0 N–H and O–H groups in total. The van der Waals surface area contributed by atoms with E-state index in [0.29, 0.717) is 17.5 Å². The lowest BCUT2D eigenvalue weighted by Gasteiger charge is -1.91. The Morgan fingerprint density at radius 3 is 2.83 bits per heavy atom. The molecule has 5 heteroatoms. The topological polar surface area (TPSA) is 65.2 Å². The standard InChI is InChI=1S/C18H14N2O3/c1-11-5-7-15-14(10-11)12(2)17(22-15)18-19-16(23-20-18)8-6-13-4-3-9-21-13/h3-10H,1-2H3/b8-6+. The van der Waals surface area contributed by atoms with Gasteiger partial charge >= 0.3 is 0 Å². The van der Waals surface area contributed by atoms with Gasteiger partial charge < -0.3 is 13.4 Å². The van der Waals surface area contributed by atoms with Crippen molar-refractivity contribution in [2.24, 2.45) is 0 Å². The predicted molar refractivity (Wildman–Crippen MR) is 86.6 cm³/mol. The number of aromatic nitrogens is 2. The van der Waals surface area contributed by atoms with E-state index < -0.39 is 0 Å². The first-order valence-electron chi connectivity index (χ1n) is 7.26. The van der Waals surface area contributed by atoms with Crippen molar-refractivity contribution in [2.75, 3.05) is 0 Å². The Kier molecular flexibility index (Phi) is 3.12. The largest absolute Gasteiger partial charge is 0.465 e. The third-order valence-corrected chi connectivity index (χ3v) is 3.67. The van der Waals surface area contributed by atoms with Crippen LogP contribution in [0.25, 0.3) is 34.7 Å². The lowest BCUT2D eigenvalue weighted by atomic mass is 10.1. The van der Waals surface area contributed by atoms with E-state index >= 15 is 0 Å². The molecule has 0 radical (unpaired) electrons. The molecule has 0 bridgehead atoms.